The molecular weight excluding hydrogens is 461 g/mol. The van der Waals surface area contributed by atoms with Crippen LogP contribution in [0.2, 0.25) is 5.02 Å². The molecule has 1 aliphatic carbocycles. The van der Waals surface area contributed by atoms with Gasteiger partial charge in [0.1, 0.15) is 0 Å². The van der Waals surface area contributed by atoms with Gasteiger partial charge in [-0.05, 0) is 55.2 Å². The predicted octanol–water partition coefficient (Wildman–Crippen LogP) is 5.05. The summed E-state index contributed by atoms with van der Waals surface area (Å²) in [4.78, 5) is 0. The van der Waals surface area contributed by atoms with Crippen LogP contribution in [-0.2, 0) is 19.3 Å². The number of hydrogen-bond donors (Lipinski definition) is 2. The first-order valence-corrected chi connectivity index (χ1v) is 11.0. The monoisotopic (exact) mass is 482 g/mol. The van der Waals surface area contributed by atoms with Gasteiger partial charge in [-0.3, -0.25) is 9.36 Å². The molecule has 0 spiro atoms. The highest BCUT2D eigenvalue weighted by molar-refractivity contribution is 7.80. The number of aryl methyl sites for hydroxylation is 1. The van der Waals surface area contributed by atoms with Crippen molar-refractivity contribution in [1.82, 2.24) is 24.9 Å². The normalized spacial score (nSPS) is 13.9. The molecule has 32 heavy (non-hydrogen) atoms. The lowest BCUT2D eigenvalue weighted by atomic mass is 10.2. The smallest absolute Gasteiger partial charge is 0.362 e. The van der Waals surface area contributed by atoms with Gasteiger partial charge >= 0.3 is 6.18 Å². The number of nitrogens with zero attached hydrogens (tertiary/aromatic N) is 4. The third kappa shape index (κ3) is 6.01. The number of thiocarbonyl (C=S) groups is 1. The van der Waals surface area contributed by atoms with Gasteiger partial charge in [0.15, 0.2) is 10.8 Å². The van der Waals surface area contributed by atoms with Gasteiger partial charge in [-0.1, -0.05) is 23.7 Å². The number of alkyl halides is 3. The molecule has 0 saturated heterocycles. The largest absolute Gasteiger partial charge is 0.435 e. The number of halogens is 4. The fourth-order valence-electron chi connectivity index (χ4n) is 3.40. The van der Waals surface area contributed by atoms with E-state index >= 15 is 0 Å². The van der Waals surface area contributed by atoms with Crippen molar-refractivity contribution < 1.29 is 13.2 Å². The van der Waals surface area contributed by atoms with Crippen molar-refractivity contribution in [3.05, 3.63) is 64.7 Å². The number of aromatic nitrogens is 4. The Morgan fingerprint density at radius 3 is 2.78 bits per heavy atom. The van der Waals surface area contributed by atoms with Crippen LogP contribution in [0.15, 0.2) is 42.7 Å². The van der Waals surface area contributed by atoms with E-state index in [9.17, 15) is 13.2 Å². The maximum Gasteiger partial charge on any atom is 0.435 e. The minimum absolute atomic E-state index is 0.192. The molecule has 2 aromatic heterocycles. The zero-order chi connectivity index (χ0) is 22.7. The predicted molar refractivity (Wildman–Crippen MR) is 121 cm³/mol. The second-order valence-corrected chi connectivity index (χ2v) is 8.59. The highest BCUT2D eigenvalue weighted by Crippen LogP contribution is 2.42. The van der Waals surface area contributed by atoms with E-state index in [1.165, 1.54) is 10.7 Å². The van der Waals surface area contributed by atoms with Gasteiger partial charge in [-0.25, -0.2) is 0 Å². The van der Waals surface area contributed by atoms with Crippen LogP contribution >= 0.6 is 23.8 Å². The molecule has 0 bridgehead atoms. The highest BCUT2D eigenvalue weighted by atomic mass is 35.5. The Balaban J connectivity index is 1.23. The molecule has 0 atom stereocenters. The van der Waals surface area contributed by atoms with Crippen LogP contribution in [0.3, 0.4) is 0 Å². The van der Waals surface area contributed by atoms with Gasteiger partial charge in [0, 0.05) is 35.9 Å². The fraction of sp³-hybridized carbons (Fsp3) is 0.381. The van der Waals surface area contributed by atoms with Crippen LogP contribution in [0.4, 0.5) is 18.9 Å². The molecule has 1 saturated carbocycles. The summed E-state index contributed by atoms with van der Waals surface area (Å²) in [5.41, 5.74) is 1.62. The first kappa shape index (κ1) is 22.6. The van der Waals surface area contributed by atoms with E-state index in [1.807, 2.05) is 30.5 Å². The number of anilines is 1. The average molecular weight is 483 g/mol. The molecule has 0 unspecified atom stereocenters. The van der Waals surface area contributed by atoms with E-state index in [4.69, 9.17) is 23.8 Å². The first-order chi connectivity index (χ1) is 15.3. The lowest BCUT2D eigenvalue weighted by Gasteiger charge is -2.10. The standard InChI is InChI=1S/C21H22ClF3N6S/c22-16-4-1-3-14(9-16)12-30-13-17(11-27-30)28-20(32)26-7-2-8-31-18(15-5-6-15)10-19(29-31)21(23,24)25/h1,3-4,9-11,13,15H,2,5-8,12H2,(H2,26,28,32). The molecule has 170 valence electrons. The lowest BCUT2D eigenvalue weighted by molar-refractivity contribution is -0.141. The Hall–Kier alpha value is -2.59. The lowest BCUT2D eigenvalue weighted by Crippen LogP contribution is -2.29. The van der Waals surface area contributed by atoms with Crippen LogP contribution in [0, 0.1) is 0 Å². The summed E-state index contributed by atoms with van der Waals surface area (Å²) in [6.07, 6.45) is 1.51. The molecule has 0 aliphatic heterocycles. The summed E-state index contributed by atoms with van der Waals surface area (Å²) in [7, 11) is 0. The quantitative estimate of drug-likeness (QED) is 0.347. The fourth-order valence-corrected chi connectivity index (χ4v) is 3.83. The van der Waals surface area contributed by atoms with Gasteiger partial charge < -0.3 is 10.6 Å². The SMILES string of the molecule is FC(F)(F)c1cc(C2CC2)n(CCCNC(=S)Nc2cnn(Cc3cccc(Cl)c3)c2)n1. The zero-order valence-electron chi connectivity index (χ0n) is 17.1. The minimum atomic E-state index is -4.42. The van der Waals surface area contributed by atoms with E-state index in [2.05, 4.69) is 20.8 Å². The van der Waals surface area contributed by atoms with Crippen LogP contribution < -0.4 is 10.6 Å². The Labute approximate surface area is 193 Å². The van der Waals surface area contributed by atoms with Crippen molar-refractivity contribution in [2.24, 2.45) is 0 Å². The molecule has 4 rings (SSSR count). The van der Waals surface area contributed by atoms with Gasteiger partial charge in [0.25, 0.3) is 0 Å². The molecule has 2 heterocycles. The Morgan fingerprint density at radius 2 is 2.06 bits per heavy atom. The van der Waals surface area contributed by atoms with Crippen LogP contribution in [0.25, 0.3) is 0 Å². The first-order valence-electron chi connectivity index (χ1n) is 10.2. The summed E-state index contributed by atoms with van der Waals surface area (Å²) >= 11 is 11.3. The molecule has 0 amide bonds. The van der Waals surface area contributed by atoms with E-state index < -0.39 is 11.9 Å². The van der Waals surface area contributed by atoms with Gasteiger partial charge in [0.2, 0.25) is 0 Å². The molecule has 1 aromatic carbocycles. The second-order valence-electron chi connectivity index (χ2n) is 7.74. The van der Waals surface area contributed by atoms with E-state index in [0.29, 0.717) is 41.9 Å². The zero-order valence-corrected chi connectivity index (χ0v) is 18.6. The van der Waals surface area contributed by atoms with Gasteiger partial charge in [-0.15, -0.1) is 0 Å². The molecule has 2 N–H and O–H groups in total. The molecule has 6 nitrogen and oxygen atoms in total. The number of rotatable bonds is 8. The average Bonchev–Trinajstić information content (AvgIpc) is 3.32. The van der Waals surface area contributed by atoms with Crippen molar-refractivity contribution in [2.45, 2.75) is 44.4 Å². The summed E-state index contributed by atoms with van der Waals surface area (Å²) < 4.78 is 42.2. The Bertz CT molecular complexity index is 1090. The van der Waals surface area contributed by atoms with Crippen LogP contribution in [0.1, 0.15) is 42.1 Å². The van der Waals surface area contributed by atoms with Crippen molar-refractivity contribution in [1.29, 1.82) is 0 Å². The van der Waals surface area contributed by atoms with E-state index in [0.717, 1.165) is 24.1 Å². The van der Waals surface area contributed by atoms with Crippen molar-refractivity contribution in [3.8, 4) is 0 Å². The topological polar surface area (TPSA) is 59.7 Å². The molecule has 3 aromatic rings. The number of benzene rings is 1. The maximum absolute atomic E-state index is 13.0. The molecule has 11 heteroatoms. The van der Waals surface area contributed by atoms with Crippen molar-refractivity contribution in [2.75, 3.05) is 11.9 Å². The Kier molecular flexibility index (Phi) is 6.71. The molecule has 1 fully saturated rings. The number of nitrogens with one attached hydrogen (secondary N) is 2. The van der Waals surface area contributed by atoms with Gasteiger partial charge in [-0.2, -0.15) is 23.4 Å². The molecule has 0 radical (unpaired) electrons. The minimum Gasteiger partial charge on any atom is -0.362 e. The highest BCUT2D eigenvalue weighted by Gasteiger charge is 2.37. The van der Waals surface area contributed by atoms with Crippen molar-refractivity contribution >= 4 is 34.6 Å². The van der Waals surface area contributed by atoms with Crippen LogP contribution in [0.5, 0.6) is 0 Å². The summed E-state index contributed by atoms with van der Waals surface area (Å²) in [5, 5.41) is 15.3. The van der Waals surface area contributed by atoms with Crippen molar-refractivity contribution in [3.63, 3.8) is 0 Å². The maximum atomic E-state index is 13.0. The molecular formula is C21H22ClF3N6S. The van der Waals surface area contributed by atoms with E-state index in [1.54, 1.807) is 10.9 Å². The third-order valence-electron chi connectivity index (χ3n) is 5.05. The van der Waals surface area contributed by atoms with Gasteiger partial charge in [0.05, 0.1) is 18.4 Å². The summed E-state index contributed by atoms with van der Waals surface area (Å²) in [6, 6.07) is 8.74. The second kappa shape index (κ2) is 9.50. The van der Waals surface area contributed by atoms with E-state index in [-0.39, 0.29) is 5.92 Å². The summed E-state index contributed by atoms with van der Waals surface area (Å²) in [5.74, 6) is 0.192. The Morgan fingerprint density at radius 1 is 1.25 bits per heavy atom. The molecule has 1 aliphatic rings. The third-order valence-corrected chi connectivity index (χ3v) is 5.54. The van der Waals surface area contributed by atoms with Crippen LogP contribution in [-0.4, -0.2) is 31.2 Å². The summed E-state index contributed by atoms with van der Waals surface area (Å²) in [6.45, 7) is 1.48. The number of hydrogen-bond acceptors (Lipinski definition) is 3.